The van der Waals surface area contributed by atoms with Crippen LogP contribution in [0.1, 0.15) is 69.9 Å². The molecule has 0 radical (unpaired) electrons. The van der Waals surface area contributed by atoms with E-state index in [9.17, 15) is 8.78 Å². The average Bonchev–Trinajstić information content (AvgIpc) is 2.88. The van der Waals surface area contributed by atoms with Crippen molar-refractivity contribution in [3.63, 3.8) is 0 Å². The Balaban J connectivity index is 1.28. The molecule has 0 amide bonds. The van der Waals surface area contributed by atoms with Gasteiger partial charge in [-0.05, 0) is 96.3 Å². The van der Waals surface area contributed by atoms with Crippen LogP contribution in [-0.2, 0) is 0 Å². The van der Waals surface area contributed by atoms with Crippen molar-refractivity contribution >= 4 is 11.1 Å². The van der Waals surface area contributed by atoms with Crippen LogP contribution in [0.15, 0.2) is 66.3 Å². The number of alkyl halides is 2. The van der Waals surface area contributed by atoms with E-state index in [1.165, 1.54) is 37.7 Å². The van der Waals surface area contributed by atoms with Crippen LogP contribution in [0, 0.1) is 23.6 Å². The van der Waals surface area contributed by atoms with Crippen LogP contribution in [0.3, 0.4) is 0 Å². The Kier molecular flexibility index (Phi) is 7.05. The molecular weight excluding hydrogens is 441 g/mol. The molecule has 0 aliphatic heterocycles. The molecule has 3 aliphatic rings. The topological polar surface area (TPSA) is 0 Å². The summed E-state index contributed by atoms with van der Waals surface area (Å²) >= 11 is 0. The number of rotatable bonds is 4. The van der Waals surface area contributed by atoms with Gasteiger partial charge in [0.15, 0.2) is 12.3 Å². The molecule has 2 aromatic carbocycles. The zero-order valence-electron chi connectivity index (χ0n) is 20.7. The van der Waals surface area contributed by atoms with Gasteiger partial charge in [-0.15, -0.1) is 0 Å². The highest BCUT2D eigenvalue weighted by Gasteiger charge is 2.30. The summed E-state index contributed by atoms with van der Waals surface area (Å²) < 4.78 is 43.7. The van der Waals surface area contributed by atoms with Crippen molar-refractivity contribution in [3.8, 4) is 11.1 Å². The molecule has 0 aromatic heterocycles. The van der Waals surface area contributed by atoms with Gasteiger partial charge in [-0.25, -0.2) is 13.2 Å². The average molecular weight is 477 g/mol. The Morgan fingerprint density at radius 1 is 0.743 bits per heavy atom. The number of benzene rings is 2. The molecule has 3 heteroatoms. The van der Waals surface area contributed by atoms with E-state index in [-0.39, 0.29) is 5.82 Å². The minimum atomic E-state index is -1.67. The van der Waals surface area contributed by atoms with Gasteiger partial charge in [-0.2, -0.15) is 0 Å². The first kappa shape index (κ1) is 24.2. The standard InChI is InChI=1S/C32H35F3/c1-20-3-6-22(7-4-20)23-8-10-24(11-9-23)27-16-18-28(30(33)19-27)25-12-14-26(15-13-25)29-17-5-21(2)31(34)32(29)35/h5,10,12-20,22-23,31-32H,3-4,6-9,11H2,1-2H3. The van der Waals surface area contributed by atoms with Crippen molar-refractivity contribution in [3.05, 3.63) is 83.2 Å². The Morgan fingerprint density at radius 2 is 1.43 bits per heavy atom. The lowest BCUT2D eigenvalue weighted by atomic mass is 9.71. The van der Waals surface area contributed by atoms with Crippen molar-refractivity contribution in [1.29, 1.82) is 0 Å². The summed E-state index contributed by atoms with van der Waals surface area (Å²) in [5, 5.41) is 0. The molecule has 0 bridgehead atoms. The molecule has 184 valence electrons. The van der Waals surface area contributed by atoms with Gasteiger partial charge >= 0.3 is 0 Å². The predicted octanol–water partition coefficient (Wildman–Crippen LogP) is 9.52. The largest absolute Gasteiger partial charge is 0.239 e. The van der Waals surface area contributed by atoms with Crippen LogP contribution in [0.2, 0.25) is 0 Å². The van der Waals surface area contributed by atoms with Crippen molar-refractivity contribution in [2.24, 2.45) is 17.8 Å². The van der Waals surface area contributed by atoms with E-state index >= 15 is 4.39 Å². The molecule has 0 N–H and O–H groups in total. The molecule has 0 saturated heterocycles. The zero-order valence-corrected chi connectivity index (χ0v) is 20.7. The van der Waals surface area contributed by atoms with Gasteiger partial charge in [-0.1, -0.05) is 74.4 Å². The van der Waals surface area contributed by atoms with Gasteiger partial charge in [0.1, 0.15) is 5.82 Å². The molecule has 0 nitrogen and oxygen atoms in total. The minimum Gasteiger partial charge on any atom is -0.239 e. The minimum absolute atomic E-state index is 0.248. The first-order valence-electron chi connectivity index (χ1n) is 13.2. The van der Waals surface area contributed by atoms with Crippen LogP contribution >= 0.6 is 0 Å². The fourth-order valence-electron chi connectivity index (χ4n) is 6.14. The molecule has 1 saturated carbocycles. The molecule has 35 heavy (non-hydrogen) atoms. The van der Waals surface area contributed by atoms with Gasteiger partial charge in [0.2, 0.25) is 0 Å². The monoisotopic (exact) mass is 476 g/mol. The van der Waals surface area contributed by atoms with Crippen LogP contribution in [0.4, 0.5) is 13.2 Å². The lowest BCUT2D eigenvalue weighted by Crippen LogP contribution is -2.22. The van der Waals surface area contributed by atoms with Crippen LogP contribution in [0.5, 0.6) is 0 Å². The fraction of sp³-hybridized carbons (Fsp3) is 0.438. The van der Waals surface area contributed by atoms with E-state index in [0.29, 0.717) is 22.3 Å². The highest BCUT2D eigenvalue weighted by atomic mass is 19.2. The van der Waals surface area contributed by atoms with E-state index in [1.807, 2.05) is 12.1 Å². The number of hydrogen-bond acceptors (Lipinski definition) is 0. The third-order valence-corrected chi connectivity index (χ3v) is 8.56. The second-order valence-corrected chi connectivity index (χ2v) is 10.9. The van der Waals surface area contributed by atoms with Crippen LogP contribution in [-0.4, -0.2) is 12.3 Å². The van der Waals surface area contributed by atoms with E-state index in [4.69, 9.17) is 0 Å². The Morgan fingerprint density at radius 3 is 2.09 bits per heavy atom. The van der Waals surface area contributed by atoms with E-state index < -0.39 is 12.3 Å². The van der Waals surface area contributed by atoms with Crippen LogP contribution in [0.25, 0.3) is 22.3 Å². The first-order chi connectivity index (χ1) is 16.9. The highest BCUT2D eigenvalue weighted by Crippen LogP contribution is 2.41. The molecule has 3 atom stereocenters. The Labute approximate surface area is 207 Å². The molecular formula is C32H35F3. The van der Waals surface area contributed by atoms with Crippen molar-refractivity contribution < 1.29 is 13.2 Å². The lowest BCUT2D eigenvalue weighted by Gasteiger charge is -2.34. The summed E-state index contributed by atoms with van der Waals surface area (Å²) in [5.74, 6) is 2.28. The molecule has 3 unspecified atom stereocenters. The Bertz CT molecular complexity index is 1150. The number of hydrogen-bond donors (Lipinski definition) is 0. The normalized spacial score (nSPS) is 29.3. The van der Waals surface area contributed by atoms with Crippen molar-refractivity contribution in [2.75, 3.05) is 0 Å². The van der Waals surface area contributed by atoms with Gasteiger partial charge in [0, 0.05) is 5.56 Å². The van der Waals surface area contributed by atoms with Crippen molar-refractivity contribution in [2.45, 2.75) is 71.1 Å². The van der Waals surface area contributed by atoms with E-state index in [2.05, 4.69) is 13.0 Å². The second kappa shape index (κ2) is 10.2. The molecule has 1 fully saturated rings. The molecule has 3 aliphatic carbocycles. The van der Waals surface area contributed by atoms with Gasteiger partial charge in [-0.3, -0.25) is 0 Å². The molecule has 0 spiro atoms. The third-order valence-electron chi connectivity index (χ3n) is 8.56. The lowest BCUT2D eigenvalue weighted by molar-refractivity contribution is 0.202. The summed E-state index contributed by atoms with van der Waals surface area (Å²) in [6, 6.07) is 12.6. The maximum absolute atomic E-state index is 15.2. The number of allylic oxidation sites excluding steroid dienone is 6. The maximum atomic E-state index is 15.2. The SMILES string of the molecule is CC1=CC=C(c2ccc(-c3ccc(C4=CCC(C5CCC(C)CC5)CC4)cc3F)cc2)C(F)C1F. The summed E-state index contributed by atoms with van der Waals surface area (Å²) in [6.07, 6.45) is 11.1. The summed E-state index contributed by atoms with van der Waals surface area (Å²) in [4.78, 5) is 0. The van der Waals surface area contributed by atoms with E-state index in [0.717, 1.165) is 41.7 Å². The summed E-state index contributed by atoms with van der Waals surface area (Å²) in [6.45, 7) is 3.97. The van der Waals surface area contributed by atoms with Crippen molar-refractivity contribution in [1.82, 2.24) is 0 Å². The van der Waals surface area contributed by atoms with Gasteiger partial charge in [0.05, 0.1) is 0 Å². The maximum Gasteiger partial charge on any atom is 0.161 e. The van der Waals surface area contributed by atoms with Gasteiger partial charge in [0.25, 0.3) is 0 Å². The quantitative estimate of drug-likeness (QED) is 0.412. The summed E-state index contributed by atoms with van der Waals surface area (Å²) in [7, 11) is 0. The third kappa shape index (κ3) is 5.06. The Hall–Kier alpha value is -2.55. The van der Waals surface area contributed by atoms with Crippen LogP contribution < -0.4 is 0 Å². The second-order valence-electron chi connectivity index (χ2n) is 10.9. The van der Waals surface area contributed by atoms with Gasteiger partial charge < -0.3 is 0 Å². The molecule has 0 heterocycles. The molecule has 2 aromatic rings. The predicted molar refractivity (Wildman–Crippen MR) is 140 cm³/mol. The van der Waals surface area contributed by atoms with E-state index in [1.54, 1.807) is 49.4 Å². The summed E-state index contributed by atoms with van der Waals surface area (Å²) in [5.41, 5.74) is 4.84. The highest BCUT2D eigenvalue weighted by molar-refractivity contribution is 5.76. The first-order valence-corrected chi connectivity index (χ1v) is 13.2. The zero-order chi connectivity index (χ0) is 24.5. The smallest absolute Gasteiger partial charge is 0.161 e. The molecule has 5 rings (SSSR count). The number of halogens is 3. The fourth-order valence-corrected chi connectivity index (χ4v) is 6.14.